The molecule has 1 rings (SSSR count). The molecule has 2 unspecified atom stereocenters. The van der Waals surface area contributed by atoms with Gasteiger partial charge >= 0.3 is 11.9 Å². The van der Waals surface area contributed by atoms with Crippen LogP contribution in [0.2, 0.25) is 0 Å². The van der Waals surface area contributed by atoms with Crippen molar-refractivity contribution in [2.45, 2.75) is 19.1 Å². The number of halogens is 1. The highest BCUT2D eigenvalue weighted by Crippen LogP contribution is 2.16. The first-order valence-corrected chi connectivity index (χ1v) is 7.80. The van der Waals surface area contributed by atoms with Crippen LogP contribution in [0.3, 0.4) is 0 Å². The summed E-state index contributed by atoms with van der Waals surface area (Å²) in [5.74, 6) is -2.90. The summed E-state index contributed by atoms with van der Waals surface area (Å²) in [6, 6.07) is 7.74. The first-order valence-electron chi connectivity index (χ1n) is 7.01. The van der Waals surface area contributed by atoms with E-state index in [4.69, 9.17) is 29.3 Å². The molecular formula is C15H22BrNO7. The van der Waals surface area contributed by atoms with E-state index in [0.717, 1.165) is 10.2 Å². The normalized spacial score (nSPS) is 12.5. The number of ether oxygens (including phenoxy) is 2. The summed E-state index contributed by atoms with van der Waals surface area (Å²) in [7, 11) is 1.66. The Labute approximate surface area is 148 Å². The molecule has 0 aliphatic carbocycles. The molecule has 4 N–H and O–H groups in total. The largest absolute Gasteiger partial charge is 0.491 e. The van der Waals surface area contributed by atoms with Crippen molar-refractivity contribution in [2.75, 3.05) is 26.9 Å². The van der Waals surface area contributed by atoms with Crippen molar-refractivity contribution in [2.24, 2.45) is 0 Å². The van der Waals surface area contributed by atoms with Crippen LogP contribution in [0.15, 0.2) is 28.7 Å². The van der Waals surface area contributed by atoms with E-state index in [-0.39, 0.29) is 12.6 Å². The third-order valence-corrected chi connectivity index (χ3v) is 3.09. The summed E-state index contributed by atoms with van der Waals surface area (Å²) < 4.78 is 11.5. The lowest BCUT2D eigenvalue weighted by molar-refractivity contribution is -0.159. The third kappa shape index (κ3) is 11.8. The average Bonchev–Trinajstić information content (AvgIpc) is 2.53. The standard InChI is InChI=1S/C13H20BrNO3.C2H2O4/c1-10(8-17-2)15-7-12(16)9-18-13-5-3-11(14)4-6-13;3-1(4)2(5)6/h3-6,10,12,15-16H,7-9H2,1-2H3;(H,3,4)(H,5,6). The maximum atomic E-state index is 9.74. The number of carbonyl (C=O) groups is 2. The number of hydrogen-bond acceptors (Lipinski definition) is 6. The van der Waals surface area contributed by atoms with Gasteiger partial charge in [0.1, 0.15) is 18.5 Å². The molecule has 0 fully saturated rings. The van der Waals surface area contributed by atoms with Gasteiger partial charge in [-0.3, -0.25) is 0 Å². The van der Waals surface area contributed by atoms with E-state index in [9.17, 15) is 5.11 Å². The van der Waals surface area contributed by atoms with Gasteiger partial charge in [-0.05, 0) is 31.2 Å². The lowest BCUT2D eigenvalue weighted by Crippen LogP contribution is -2.38. The van der Waals surface area contributed by atoms with Crippen LogP contribution in [-0.2, 0) is 14.3 Å². The molecule has 0 spiro atoms. The second kappa shape index (κ2) is 12.7. The molecule has 0 radical (unpaired) electrons. The van der Waals surface area contributed by atoms with Crippen molar-refractivity contribution in [1.29, 1.82) is 0 Å². The van der Waals surface area contributed by atoms with E-state index in [0.29, 0.717) is 13.2 Å². The molecule has 0 saturated heterocycles. The molecule has 8 nitrogen and oxygen atoms in total. The van der Waals surface area contributed by atoms with Crippen molar-refractivity contribution in [3.8, 4) is 5.75 Å². The van der Waals surface area contributed by atoms with Gasteiger partial charge in [-0.2, -0.15) is 0 Å². The predicted octanol–water partition coefficient (Wildman–Crippen LogP) is 0.969. The molecule has 9 heteroatoms. The van der Waals surface area contributed by atoms with Gasteiger partial charge in [0.25, 0.3) is 0 Å². The predicted molar refractivity (Wildman–Crippen MR) is 90.3 cm³/mol. The number of rotatable bonds is 8. The SMILES string of the molecule is COCC(C)NCC(O)COc1ccc(Br)cc1.O=C(O)C(=O)O. The highest BCUT2D eigenvalue weighted by Gasteiger charge is 2.07. The van der Waals surface area contributed by atoms with E-state index >= 15 is 0 Å². The zero-order chi connectivity index (χ0) is 18.5. The maximum absolute atomic E-state index is 9.74. The van der Waals surface area contributed by atoms with E-state index in [2.05, 4.69) is 21.2 Å². The Morgan fingerprint density at radius 2 is 1.71 bits per heavy atom. The number of nitrogens with one attached hydrogen (secondary N) is 1. The number of aliphatic hydroxyl groups excluding tert-OH is 1. The lowest BCUT2D eigenvalue weighted by Gasteiger charge is -2.17. The van der Waals surface area contributed by atoms with Gasteiger partial charge in [0.2, 0.25) is 0 Å². The fraction of sp³-hybridized carbons (Fsp3) is 0.467. The molecule has 0 aliphatic heterocycles. The number of benzene rings is 1. The highest BCUT2D eigenvalue weighted by atomic mass is 79.9. The first-order chi connectivity index (χ1) is 11.3. The number of hydrogen-bond donors (Lipinski definition) is 4. The summed E-state index contributed by atoms with van der Waals surface area (Å²) in [4.78, 5) is 18.2. The van der Waals surface area contributed by atoms with Gasteiger partial charge in [-0.1, -0.05) is 15.9 Å². The third-order valence-electron chi connectivity index (χ3n) is 2.56. The van der Waals surface area contributed by atoms with Gasteiger partial charge < -0.3 is 30.1 Å². The lowest BCUT2D eigenvalue weighted by atomic mass is 10.3. The van der Waals surface area contributed by atoms with Crippen LogP contribution in [0, 0.1) is 0 Å². The zero-order valence-electron chi connectivity index (χ0n) is 13.4. The number of aliphatic carboxylic acids is 2. The van der Waals surface area contributed by atoms with Crippen LogP contribution < -0.4 is 10.1 Å². The Morgan fingerprint density at radius 3 is 2.17 bits per heavy atom. The molecule has 24 heavy (non-hydrogen) atoms. The topological polar surface area (TPSA) is 125 Å². The summed E-state index contributed by atoms with van der Waals surface area (Å²) in [5.41, 5.74) is 0. The van der Waals surface area contributed by atoms with Gasteiger partial charge in [0.05, 0.1) is 6.61 Å². The number of carboxylic acid groups (broad SMARTS) is 2. The van der Waals surface area contributed by atoms with E-state index in [1.807, 2.05) is 31.2 Å². The van der Waals surface area contributed by atoms with Gasteiger partial charge in [0, 0.05) is 24.2 Å². The minimum Gasteiger partial charge on any atom is -0.491 e. The van der Waals surface area contributed by atoms with Crippen LogP contribution in [0.1, 0.15) is 6.92 Å². The monoisotopic (exact) mass is 407 g/mol. The number of carboxylic acids is 2. The second-order valence-electron chi connectivity index (χ2n) is 4.79. The Kier molecular flexibility index (Phi) is 11.8. The molecule has 0 aliphatic rings. The van der Waals surface area contributed by atoms with Crippen molar-refractivity contribution >= 4 is 27.9 Å². The van der Waals surface area contributed by atoms with Crippen LogP contribution in [-0.4, -0.2) is 66.3 Å². The van der Waals surface area contributed by atoms with Crippen LogP contribution in [0.5, 0.6) is 5.75 Å². The minimum absolute atomic E-state index is 0.220. The molecule has 0 bridgehead atoms. The summed E-state index contributed by atoms with van der Waals surface area (Å²) in [5, 5.41) is 27.7. The Hall–Kier alpha value is -1.68. The maximum Gasteiger partial charge on any atom is 0.414 e. The van der Waals surface area contributed by atoms with Crippen LogP contribution in [0.4, 0.5) is 0 Å². The van der Waals surface area contributed by atoms with Crippen molar-refractivity contribution in [3.63, 3.8) is 0 Å². The van der Waals surface area contributed by atoms with E-state index in [1.165, 1.54) is 0 Å². The second-order valence-corrected chi connectivity index (χ2v) is 5.71. The van der Waals surface area contributed by atoms with Gasteiger partial charge in [-0.15, -0.1) is 0 Å². The molecule has 0 aromatic heterocycles. The van der Waals surface area contributed by atoms with Crippen LogP contribution in [0.25, 0.3) is 0 Å². The van der Waals surface area contributed by atoms with Gasteiger partial charge in [0.15, 0.2) is 0 Å². The average molecular weight is 408 g/mol. The zero-order valence-corrected chi connectivity index (χ0v) is 15.0. The molecule has 1 aromatic rings. The fourth-order valence-corrected chi connectivity index (χ4v) is 1.69. The van der Waals surface area contributed by atoms with Crippen molar-refractivity contribution in [1.82, 2.24) is 5.32 Å². The summed E-state index contributed by atoms with van der Waals surface area (Å²) in [6.07, 6.45) is -0.534. The molecule has 2 atom stereocenters. The highest BCUT2D eigenvalue weighted by molar-refractivity contribution is 9.10. The summed E-state index contributed by atoms with van der Waals surface area (Å²) in [6.45, 7) is 3.39. The number of methoxy groups -OCH3 is 1. The molecule has 0 amide bonds. The Bertz CT molecular complexity index is 483. The molecular weight excluding hydrogens is 386 g/mol. The first kappa shape index (κ1) is 22.3. The van der Waals surface area contributed by atoms with Crippen molar-refractivity contribution in [3.05, 3.63) is 28.7 Å². The molecule has 0 heterocycles. The molecule has 0 saturated carbocycles. The Balaban J connectivity index is 0.000000754. The minimum atomic E-state index is -1.82. The van der Waals surface area contributed by atoms with Crippen LogP contribution >= 0.6 is 15.9 Å². The number of aliphatic hydroxyl groups is 1. The quantitative estimate of drug-likeness (QED) is 0.469. The molecule has 1 aromatic carbocycles. The summed E-state index contributed by atoms with van der Waals surface area (Å²) >= 11 is 3.35. The Morgan fingerprint density at radius 1 is 1.17 bits per heavy atom. The van der Waals surface area contributed by atoms with E-state index < -0.39 is 18.0 Å². The smallest absolute Gasteiger partial charge is 0.414 e. The van der Waals surface area contributed by atoms with Gasteiger partial charge in [-0.25, -0.2) is 9.59 Å². The fourth-order valence-electron chi connectivity index (χ4n) is 1.43. The molecule has 136 valence electrons. The van der Waals surface area contributed by atoms with E-state index in [1.54, 1.807) is 7.11 Å². The van der Waals surface area contributed by atoms with Crippen molar-refractivity contribution < 1.29 is 34.4 Å².